The molecule has 0 unspecified atom stereocenters. The first-order valence-electron chi connectivity index (χ1n) is 17.1. The van der Waals surface area contributed by atoms with E-state index in [0.717, 1.165) is 19.3 Å². The summed E-state index contributed by atoms with van der Waals surface area (Å²) in [6.07, 6.45) is 41.7. The van der Waals surface area contributed by atoms with E-state index in [9.17, 15) is 0 Å². The molecular weight excluding hydrogens is 627 g/mol. The molecule has 37 heavy (non-hydrogen) atoms. The first-order chi connectivity index (χ1) is 17.7. The van der Waals surface area contributed by atoms with E-state index in [1.165, 1.54) is 173 Å². The van der Waals surface area contributed by atoms with Crippen LogP contribution in [0.3, 0.4) is 0 Å². The molecule has 0 saturated carbocycles. The van der Waals surface area contributed by atoms with E-state index in [-0.39, 0.29) is 21.1 Å². The molecule has 0 aromatic heterocycles. The molecule has 0 atom stereocenters. The number of hydrogen-bond acceptors (Lipinski definition) is 0. The molecule has 0 aliphatic carbocycles. The molecule has 0 spiro atoms. The van der Waals surface area contributed by atoms with Crippen molar-refractivity contribution in [2.24, 2.45) is 0 Å². The molecule has 0 aromatic carbocycles. The van der Waals surface area contributed by atoms with Crippen LogP contribution in [0.5, 0.6) is 0 Å². The maximum atomic E-state index is 3.84. The summed E-state index contributed by atoms with van der Waals surface area (Å²) in [4.78, 5) is 0. The Kier molecular flexibility index (Phi) is 59.9. The van der Waals surface area contributed by atoms with Gasteiger partial charge in [-0.15, -0.1) is 0 Å². The quantitative estimate of drug-likeness (QED) is 0.0590. The van der Waals surface area contributed by atoms with Crippen molar-refractivity contribution in [3.8, 4) is 0 Å². The standard InChI is InChI=1S/3C12H25.Pt/c3*1-3-5-7-9-11-12-10-8-6-4-2;/h3*1,3-12H2,2H3;/q3*-1;. The largest absolute Gasteiger partial charge is 0.343 e. The van der Waals surface area contributed by atoms with Gasteiger partial charge in [-0.1, -0.05) is 194 Å². The van der Waals surface area contributed by atoms with Crippen molar-refractivity contribution in [3.63, 3.8) is 0 Å². The molecule has 0 aliphatic heterocycles. The van der Waals surface area contributed by atoms with Gasteiger partial charge in [0.15, 0.2) is 0 Å². The fraction of sp³-hybridized carbons (Fsp3) is 0.917. The zero-order valence-electron chi connectivity index (χ0n) is 26.7. The third-order valence-corrected chi connectivity index (χ3v) is 7.06. The summed E-state index contributed by atoms with van der Waals surface area (Å²) >= 11 is 0. The van der Waals surface area contributed by atoms with Crippen LogP contribution in [0, 0.1) is 20.8 Å². The summed E-state index contributed by atoms with van der Waals surface area (Å²) < 4.78 is 0. The summed E-state index contributed by atoms with van der Waals surface area (Å²) in [5.74, 6) is 0. The van der Waals surface area contributed by atoms with Crippen LogP contribution in [-0.4, -0.2) is 0 Å². The molecule has 0 saturated heterocycles. The summed E-state index contributed by atoms with van der Waals surface area (Å²) in [6.45, 7) is 18.3. The van der Waals surface area contributed by atoms with Gasteiger partial charge in [-0.2, -0.15) is 19.3 Å². The predicted molar refractivity (Wildman–Crippen MR) is 172 cm³/mol. The average Bonchev–Trinajstić information content (AvgIpc) is 2.90. The second kappa shape index (κ2) is 49.6. The Morgan fingerprint density at radius 2 is 0.378 bits per heavy atom. The van der Waals surface area contributed by atoms with Crippen LogP contribution in [0.25, 0.3) is 0 Å². The van der Waals surface area contributed by atoms with Crippen molar-refractivity contribution in [1.82, 2.24) is 0 Å². The van der Waals surface area contributed by atoms with Crippen LogP contribution in [0.1, 0.15) is 213 Å². The molecule has 0 amide bonds. The molecule has 1 heteroatoms. The van der Waals surface area contributed by atoms with Crippen molar-refractivity contribution in [2.45, 2.75) is 213 Å². The molecule has 0 fully saturated rings. The maximum Gasteiger partial charge on any atom is 0 e. The van der Waals surface area contributed by atoms with Crippen LogP contribution in [0.4, 0.5) is 0 Å². The van der Waals surface area contributed by atoms with Gasteiger partial charge in [0.05, 0.1) is 0 Å². The minimum atomic E-state index is 0. The van der Waals surface area contributed by atoms with Crippen molar-refractivity contribution >= 4 is 0 Å². The molecule has 0 aromatic rings. The van der Waals surface area contributed by atoms with Gasteiger partial charge in [0.25, 0.3) is 0 Å². The Labute approximate surface area is 254 Å². The molecule has 0 rings (SSSR count). The Morgan fingerprint density at radius 1 is 0.243 bits per heavy atom. The van der Waals surface area contributed by atoms with Crippen molar-refractivity contribution in [2.75, 3.05) is 0 Å². The molecule has 232 valence electrons. The van der Waals surface area contributed by atoms with E-state index in [0.29, 0.717) is 0 Å². The SMILES string of the molecule is [CH2-]CCCCCCCCCCC.[CH2-]CCCCCCCCCCC.[CH2-]CCCCCCCCCCC.[Pt]. The summed E-state index contributed by atoms with van der Waals surface area (Å²) in [5, 5.41) is 0. The molecule has 0 bridgehead atoms. The second-order valence-corrected chi connectivity index (χ2v) is 11.0. The van der Waals surface area contributed by atoms with E-state index < -0.39 is 0 Å². The summed E-state index contributed by atoms with van der Waals surface area (Å²) in [7, 11) is 0. The molecule has 0 heterocycles. The molecule has 0 nitrogen and oxygen atoms in total. The maximum absolute atomic E-state index is 3.84. The van der Waals surface area contributed by atoms with Crippen molar-refractivity contribution in [1.29, 1.82) is 0 Å². The Bertz CT molecular complexity index is 223. The van der Waals surface area contributed by atoms with E-state index in [4.69, 9.17) is 0 Å². The molecule has 0 radical (unpaired) electrons. The molecular formula is C36H75Pt-3. The van der Waals surface area contributed by atoms with Gasteiger partial charge >= 0.3 is 0 Å². The van der Waals surface area contributed by atoms with E-state index in [1.807, 2.05) is 0 Å². The zero-order valence-corrected chi connectivity index (χ0v) is 28.9. The Morgan fingerprint density at radius 3 is 0.514 bits per heavy atom. The number of rotatable bonds is 27. The van der Waals surface area contributed by atoms with E-state index in [1.54, 1.807) is 0 Å². The summed E-state index contributed by atoms with van der Waals surface area (Å²) in [6, 6.07) is 0. The predicted octanol–water partition coefficient (Wildman–Crippen LogP) is 14.2. The first kappa shape index (κ1) is 44.7. The molecule has 0 aliphatic rings. The third-order valence-electron chi connectivity index (χ3n) is 7.06. The zero-order chi connectivity index (χ0) is 27.2. The fourth-order valence-electron chi connectivity index (χ4n) is 4.46. The van der Waals surface area contributed by atoms with E-state index >= 15 is 0 Å². The van der Waals surface area contributed by atoms with Gasteiger partial charge in [0.1, 0.15) is 0 Å². The molecule has 0 N–H and O–H groups in total. The van der Waals surface area contributed by atoms with Gasteiger partial charge in [-0.05, 0) is 0 Å². The topological polar surface area (TPSA) is 0 Å². The first-order valence-corrected chi connectivity index (χ1v) is 17.1. The van der Waals surface area contributed by atoms with Crippen LogP contribution >= 0.6 is 0 Å². The average molecular weight is 703 g/mol. The Hall–Kier alpha value is 0.688. The van der Waals surface area contributed by atoms with Crippen LogP contribution < -0.4 is 0 Å². The fourth-order valence-corrected chi connectivity index (χ4v) is 4.46. The van der Waals surface area contributed by atoms with Crippen LogP contribution in [-0.2, 0) is 21.1 Å². The van der Waals surface area contributed by atoms with Crippen molar-refractivity contribution in [3.05, 3.63) is 20.8 Å². The monoisotopic (exact) mass is 703 g/mol. The van der Waals surface area contributed by atoms with E-state index in [2.05, 4.69) is 41.5 Å². The van der Waals surface area contributed by atoms with Gasteiger partial charge < -0.3 is 20.8 Å². The van der Waals surface area contributed by atoms with Crippen LogP contribution in [0.15, 0.2) is 0 Å². The normalized spacial score (nSPS) is 10.2. The van der Waals surface area contributed by atoms with Gasteiger partial charge in [-0.25, -0.2) is 0 Å². The summed E-state index contributed by atoms with van der Waals surface area (Å²) in [5.41, 5.74) is 0. The second-order valence-electron chi connectivity index (χ2n) is 11.0. The minimum absolute atomic E-state index is 0. The van der Waals surface area contributed by atoms with Gasteiger partial charge in [0.2, 0.25) is 0 Å². The van der Waals surface area contributed by atoms with Crippen LogP contribution in [0.2, 0.25) is 0 Å². The number of unbranched alkanes of at least 4 members (excludes halogenated alkanes) is 27. The Balaban J connectivity index is -0.000000218. The number of hydrogen-bond donors (Lipinski definition) is 0. The van der Waals surface area contributed by atoms with Gasteiger partial charge in [-0.3, -0.25) is 0 Å². The van der Waals surface area contributed by atoms with Crippen molar-refractivity contribution < 1.29 is 21.1 Å². The minimum Gasteiger partial charge on any atom is -0.343 e. The third kappa shape index (κ3) is 57.6. The van der Waals surface area contributed by atoms with Gasteiger partial charge in [0, 0.05) is 21.1 Å². The smallest absolute Gasteiger partial charge is 0 e.